The second kappa shape index (κ2) is 5.62. The highest BCUT2D eigenvalue weighted by Gasteiger charge is 2.16. The van der Waals surface area contributed by atoms with Crippen molar-refractivity contribution in [3.63, 3.8) is 0 Å². The van der Waals surface area contributed by atoms with E-state index in [1.165, 1.54) is 4.90 Å². The van der Waals surface area contributed by atoms with Crippen LogP contribution in [0.2, 0.25) is 0 Å². The number of halogens is 1. The van der Waals surface area contributed by atoms with Gasteiger partial charge in [0.2, 0.25) is 11.8 Å². The third kappa shape index (κ3) is 3.70. The maximum absolute atomic E-state index is 10.9. The van der Waals surface area contributed by atoms with E-state index >= 15 is 0 Å². The molecule has 0 atom stereocenters. The molecular weight excluding hydrogens is 288 g/mol. The molecular formula is C10H13BrN4O2. The number of nitrogens with zero attached hydrogens (tertiary/aromatic N) is 2. The molecule has 1 aromatic heterocycles. The van der Waals surface area contributed by atoms with Crippen molar-refractivity contribution in [2.75, 3.05) is 18.0 Å². The zero-order valence-corrected chi connectivity index (χ0v) is 10.9. The highest BCUT2D eigenvalue weighted by molar-refractivity contribution is 9.10. The SMILES string of the molecule is Cc1ccnc(N(CC(N)=O)CC(N)=O)c1Br. The van der Waals surface area contributed by atoms with Gasteiger partial charge in [-0.05, 0) is 34.5 Å². The lowest BCUT2D eigenvalue weighted by atomic mass is 10.3. The van der Waals surface area contributed by atoms with Gasteiger partial charge in [-0.3, -0.25) is 9.59 Å². The van der Waals surface area contributed by atoms with E-state index < -0.39 is 11.8 Å². The normalized spacial score (nSPS) is 10.0. The maximum atomic E-state index is 10.9. The Hall–Kier alpha value is -1.63. The van der Waals surface area contributed by atoms with Gasteiger partial charge in [-0.25, -0.2) is 4.98 Å². The minimum absolute atomic E-state index is 0.113. The Kier molecular flexibility index (Phi) is 4.45. The number of carbonyl (C=O) groups excluding carboxylic acids is 2. The van der Waals surface area contributed by atoms with E-state index in [0.717, 1.165) is 5.56 Å². The van der Waals surface area contributed by atoms with Crippen LogP contribution in [0.15, 0.2) is 16.7 Å². The second-order valence-electron chi connectivity index (χ2n) is 3.55. The molecule has 0 spiro atoms. The molecule has 0 bridgehead atoms. The largest absolute Gasteiger partial charge is 0.368 e. The number of aromatic nitrogens is 1. The highest BCUT2D eigenvalue weighted by atomic mass is 79.9. The third-order valence-electron chi connectivity index (χ3n) is 2.06. The summed E-state index contributed by atoms with van der Waals surface area (Å²) in [6.45, 7) is 1.65. The van der Waals surface area contributed by atoms with Gasteiger partial charge in [-0.1, -0.05) is 0 Å². The molecule has 0 radical (unpaired) electrons. The van der Waals surface area contributed by atoms with E-state index in [0.29, 0.717) is 10.3 Å². The minimum Gasteiger partial charge on any atom is -0.368 e. The molecule has 7 heteroatoms. The molecule has 0 unspecified atom stereocenters. The van der Waals surface area contributed by atoms with E-state index in [-0.39, 0.29) is 13.1 Å². The molecule has 2 amide bonds. The van der Waals surface area contributed by atoms with Gasteiger partial charge in [0.1, 0.15) is 5.82 Å². The number of aryl methyl sites for hydroxylation is 1. The summed E-state index contributed by atoms with van der Waals surface area (Å²) in [6, 6.07) is 1.81. The second-order valence-corrected chi connectivity index (χ2v) is 4.35. The first-order chi connectivity index (χ1) is 7.91. The van der Waals surface area contributed by atoms with Gasteiger partial charge in [-0.15, -0.1) is 0 Å². The molecule has 6 nitrogen and oxygen atoms in total. The van der Waals surface area contributed by atoms with Crippen LogP contribution in [0.1, 0.15) is 5.56 Å². The van der Waals surface area contributed by atoms with Crippen LogP contribution in [0.25, 0.3) is 0 Å². The molecule has 0 aliphatic heterocycles. The molecule has 17 heavy (non-hydrogen) atoms. The average molecular weight is 301 g/mol. The Morgan fingerprint density at radius 1 is 1.35 bits per heavy atom. The zero-order valence-electron chi connectivity index (χ0n) is 9.31. The van der Waals surface area contributed by atoms with Crippen LogP contribution >= 0.6 is 15.9 Å². The van der Waals surface area contributed by atoms with Crippen molar-refractivity contribution in [3.8, 4) is 0 Å². The summed E-state index contributed by atoms with van der Waals surface area (Å²) < 4.78 is 0.711. The third-order valence-corrected chi connectivity index (χ3v) is 3.04. The van der Waals surface area contributed by atoms with Crippen molar-refractivity contribution in [2.45, 2.75) is 6.92 Å². The van der Waals surface area contributed by atoms with Gasteiger partial charge in [0.05, 0.1) is 17.6 Å². The minimum atomic E-state index is -0.554. The van der Waals surface area contributed by atoms with E-state index in [9.17, 15) is 9.59 Å². The van der Waals surface area contributed by atoms with Gasteiger partial charge in [-0.2, -0.15) is 0 Å². The van der Waals surface area contributed by atoms with Gasteiger partial charge in [0, 0.05) is 6.20 Å². The topological polar surface area (TPSA) is 102 Å². The zero-order chi connectivity index (χ0) is 13.0. The molecule has 92 valence electrons. The molecule has 0 saturated heterocycles. The molecule has 4 N–H and O–H groups in total. The molecule has 0 aliphatic rings. The quantitative estimate of drug-likeness (QED) is 0.794. The number of nitrogens with two attached hydrogens (primary N) is 2. The molecule has 0 fully saturated rings. The summed E-state index contributed by atoms with van der Waals surface area (Å²) in [7, 11) is 0. The summed E-state index contributed by atoms with van der Waals surface area (Å²) in [5, 5.41) is 0. The van der Waals surface area contributed by atoms with Gasteiger partial charge in [0.15, 0.2) is 0 Å². The molecule has 0 aliphatic carbocycles. The summed E-state index contributed by atoms with van der Waals surface area (Å²) in [6.07, 6.45) is 1.59. The monoisotopic (exact) mass is 300 g/mol. The fraction of sp³-hybridized carbons (Fsp3) is 0.300. The predicted octanol–water partition coefficient (Wildman–Crippen LogP) is -0.0705. The Morgan fingerprint density at radius 2 is 1.88 bits per heavy atom. The summed E-state index contributed by atoms with van der Waals surface area (Å²) in [5.41, 5.74) is 11.2. The average Bonchev–Trinajstić information content (AvgIpc) is 2.19. The van der Waals surface area contributed by atoms with E-state index in [1.807, 2.05) is 6.92 Å². The smallest absolute Gasteiger partial charge is 0.237 e. The van der Waals surface area contributed by atoms with Crippen LogP contribution in [0.4, 0.5) is 5.82 Å². The van der Waals surface area contributed by atoms with Crippen LogP contribution in [0.5, 0.6) is 0 Å². The van der Waals surface area contributed by atoms with Crippen molar-refractivity contribution in [3.05, 3.63) is 22.3 Å². The number of hydrogen-bond donors (Lipinski definition) is 2. The first-order valence-electron chi connectivity index (χ1n) is 4.84. The van der Waals surface area contributed by atoms with Crippen LogP contribution in [-0.4, -0.2) is 29.9 Å². The Morgan fingerprint density at radius 3 is 2.35 bits per heavy atom. The number of hydrogen-bond acceptors (Lipinski definition) is 4. The molecule has 0 saturated carbocycles. The molecule has 1 heterocycles. The lowest BCUT2D eigenvalue weighted by Crippen LogP contribution is -2.40. The van der Waals surface area contributed by atoms with Crippen LogP contribution in [0.3, 0.4) is 0 Å². The lowest BCUT2D eigenvalue weighted by Gasteiger charge is -2.22. The Balaban J connectivity index is 3.07. The predicted molar refractivity (Wildman–Crippen MR) is 67.3 cm³/mol. The van der Waals surface area contributed by atoms with Crippen molar-refractivity contribution in [2.24, 2.45) is 11.5 Å². The van der Waals surface area contributed by atoms with E-state index in [1.54, 1.807) is 12.3 Å². The van der Waals surface area contributed by atoms with E-state index in [2.05, 4.69) is 20.9 Å². The highest BCUT2D eigenvalue weighted by Crippen LogP contribution is 2.26. The number of primary amides is 2. The maximum Gasteiger partial charge on any atom is 0.237 e. The first-order valence-corrected chi connectivity index (χ1v) is 5.63. The number of pyridine rings is 1. The first kappa shape index (κ1) is 13.4. The van der Waals surface area contributed by atoms with Gasteiger partial charge in [0.25, 0.3) is 0 Å². The number of carbonyl (C=O) groups is 2. The summed E-state index contributed by atoms with van der Waals surface area (Å²) in [5.74, 6) is -0.634. The molecule has 1 rings (SSSR count). The summed E-state index contributed by atoms with van der Waals surface area (Å²) >= 11 is 3.35. The van der Waals surface area contributed by atoms with Crippen molar-refractivity contribution in [1.82, 2.24) is 4.98 Å². The van der Waals surface area contributed by atoms with Crippen molar-refractivity contribution in [1.29, 1.82) is 0 Å². The fourth-order valence-electron chi connectivity index (χ4n) is 1.33. The number of amides is 2. The van der Waals surface area contributed by atoms with Gasteiger partial charge < -0.3 is 16.4 Å². The number of rotatable bonds is 5. The van der Waals surface area contributed by atoms with Crippen molar-refractivity contribution < 1.29 is 9.59 Å². The molecule has 1 aromatic rings. The van der Waals surface area contributed by atoms with Crippen molar-refractivity contribution >= 4 is 33.6 Å². The van der Waals surface area contributed by atoms with Crippen LogP contribution in [-0.2, 0) is 9.59 Å². The van der Waals surface area contributed by atoms with Crippen LogP contribution < -0.4 is 16.4 Å². The van der Waals surface area contributed by atoms with Crippen LogP contribution in [0, 0.1) is 6.92 Å². The Bertz CT molecular complexity index is 434. The Labute approximate surface area is 107 Å². The number of anilines is 1. The van der Waals surface area contributed by atoms with Gasteiger partial charge >= 0.3 is 0 Å². The summed E-state index contributed by atoms with van der Waals surface area (Å²) in [4.78, 5) is 27.4. The standard InChI is InChI=1S/C10H13BrN4O2/c1-6-2-3-14-10(9(6)11)15(4-7(12)16)5-8(13)17/h2-3H,4-5H2,1H3,(H2,12,16)(H2,13,17). The van der Waals surface area contributed by atoms with E-state index in [4.69, 9.17) is 11.5 Å². The fourth-order valence-corrected chi connectivity index (χ4v) is 1.81. The lowest BCUT2D eigenvalue weighted by molar-refractivity contribution is -0.117. The molecule has 0 aromatic carbocycles.